The summed E-state index contributed by atoms with van der Waals surface area (Å²) in [5, 5.41) is 12.0. The molecule has 0 bridgehead atoms. The zero-order chi connectivity index (χ0) is 63.5. The Hall–Kier alpha value is -12.8. The summed E-state index contributed by atoms with van der Waals surface area (Å²) in [6.45, 7) is 0. The molecule has 450 valence electrons. The fraction of sp³-hybridized carbons (Fsp3) is 0. The Labute approximate surface area is 558 Å². The molecule has 0 fully saturated rings. The lowest BCUT2D eigenvalue weighted by Crippen LogP contribution is -2.10. The predicted octanol–water partition coefficient (Wildman–Crippen LogP) is 25.5. The smallest absolute Gasteiger partial charge is 0.0619 e. The first kappa shape index (κ1) is 56.0. The number of benzene rings is 16. The number of hydrogen-bond donors (Lipinski definition) is 0. The van der Waals surface area contributed by atoms with Crippen LogP contribution in [0, 0.1) is 0 Å². The van der Waals surface area contributed by atoms with Gasteiger partial charge in [-0.1, -0.05) is 255 Å². The maximum absolute atomic E-state index is 2.48. The predicted molar refractivity (Wildman–Crippen MR) is 407 cm³/mol. The minimum Gasteiger partial charge on any atom is -0.310 e. The van der Waals surface area contributed by atoms with Gasteiger partial charge in [0.05, 0.1) is 22.4 Å². The lowest BCUT2D eigenvalue weighted by molar-refractivity contribution is 1.13. The molecule has 0 unspecified atom stereocenters. The van der Waals surface area contributed by atoms with E-state index in [0.29, 0.717) is 0 Å². The lowest BCUT2D eigenvalue weighted by atomic mass is 9.94. The van der Waals surface area contributed by atoms with Gasteiger partial charge in [-0.15, -0.1) is 0 Å². The number of nitrogens with zero attached hydrogens (tertiary/aromatic N) is 4. The molecule has 0 aliphatic carbocycles. The molecule has 96 heavy (non-hydrogen) atoms. The highest BCUT2D eigenvalue weighted by Gasteiger charge is 2.26. The average Bonchev–Trinajstić information content (AvgIpc) is 1.56. The van der Waals surface area contributed by atoms with Gasteiger partial charge in [-0.3, -0.25) is 0 Å². The molecule has 0 N–H and O–H groups in total. The summed E-state index contributed by atoms with van der Waals surface area (Å²) in [7, 11) is 0. The Morgan fingerprint density at radius 3 is 0.740 bits per heavy atom. The molecule has 0 saturated carbocycles. The Morgan fingerprint density at radius 2 is 0.438 bits per heavy atom. The van der Waals surface area contributed by atoms with Crippen LogP contribution in [0.3, 0.4) is 0 Å². The van der Waals surface area contributed by atoms with Gasteiger partial charge in [0.2, 0.25) is 0 Å². The second-order valence-corrected chi connectivity index (χ2v) is 24.9. The highest BCUT2D eigenvalue weighted by atomic mass is 15.1. The molecule has 16 aromatic carbocycles. The minimum atomic E-state index is 1.07. The van der Waals surface area contributed by atoms with Gasteiger partial charge in [0.15, 0.2) is 0 Å². The van der Waals surface area contributed by atoms with E-state index in [1.807, 2.05) is 0 Å². The van der Waals surface area contributed by atoms with E-state index in [9.17, 15) is 0 Å². The van der Waals surface area contributed by atoms with Gasteiger partial charge in [0.25, 0.3) is 0 Å². The normalized spacial score (nSPS) is 11.5. The summed E-state index contributed by atoms with van der Waals surface area (Å²) in [5.41, 5.74) is 22.4. The van der Waals surface area contributed by atoms with Crippen LogP contribution < -0.4 is 9.80 Å². The zero-order valence-electron chi connectivity index (χ0n) is 52.6. The van der Waals surface area contributed by atoms with Gasteiger partial charge >= 0.3 is 0 Å². The number of rotatable bonds is 13. The SMILES string of the molecule is c1ccc(-c2c(-c3ccccc3)n(-c3ccc(N(c4ccc5ccccc5c4)c4ccc5ccccc5c4)cc3)c3ccc(-c4ccc5c(c4)c(-c4ccccc4)c(-c4ccccc4)n5-c4ccc(N(c5ccc6ccccc6c5)c5ccc6ccccc6c5)cc4)cc23)cc1. The lowest BCUT2D eigenvalue weighted by Gasteiger charge is -2.26. The Bertz CT molecular complexity index is 5410. The van der Waals surface area contributed by atoms with Gasteiger partial charge in [-0.25, -0.2) is 0 Å². The molecule has 4 heteroatoms. The molecular weight excluding hydrogens is 1160 g/mol. The van der Waals surface area contributed by atoms with E-state index in [0.717, 1.165) is 101 Å². The number of aromatic nitrogens is 2. The number of hydrogen-bond acceptors (Lipinski definition) is 2. The van der Waals surface area contributed by atoms with E-state index >= 15 is 0 Å². The molecule has 0 spiro atoms. The molecule has 0 atom stereocenters. The van der Waals surface area contributed by atoms with Crippen LogP contribution in [0.15, 0.2) is 376 Å². The van der Waals surface area contributed by atoms with Crippen molar-refractivity contribution in [2.45, 2.75) is 0 Å². The van der Waals surface area contributed by atoms with E-state index in [1.165, 1.54) is 65.0 Å². The first-order valence-electron chi connectivity index (χ1n) is 33.0. The summed E-state index contributed by atoms with van der Waals surface area (Å²) in [6.07, 6.45) is 0. The van der Waals surface area contributed by atoms with Crippen molar-refractivity contribution in [2.75, 3.05) is 9.80 Å². The summed E-state index contributed by atoms with van der Waals surface area (Å²) >= 11 is 0. The molecule has 4 nitrogen and oxygen atoms in total. The molecule has 2 heterocycles. The molecule has 0 amide bonds. The van der Waals surface area contributed by atoms with Gasteiger partial charge in [-0.2, -0.15) is 0 Å². The number of fused-ring (bicyclic) bond motifs is 6. The fourth-order valence-corrected chi connectivity index (χ4v) is 14.7. The Balaban J connectivity index is 0.800. The first-order chi connectivity index (χ1) is 47.6. The van der Waals surface area contributed by atoms with Crippen molar-refractivity contribution < 1.29 is 0 Å². The quantitative estimate of drug-likeness (QED) is 0.114. The average molecular weight is 1220 g/mol. The van der Waals surface area contributed by atoms with Crippen LogP contribution in [0.2, 0.25) is 0 Å². The Morgan fingerprint density at radius 1 is 0.177 bits per heavy atom. The molecule has 0 radical (unpaired) electrons. The standard InChI is InChI=1S/C92H62N4/c1-5-25-67(26-6-1)89-85-61-75(41-55-87(85)95(91(89)69-29-9-3-10-30-69)79-51-47-77(48-52-79)93(81-43-37-63-21-13-17-33-71(63)57-81)82-44-38-64-22-14-18-34-72(64)58-82)76-42-56-88-86(62-76)90(68-27-7-2-8-28-68)92(70-31-11-4-12-32-70)96(88)80-53-49-78(50-54-80)94(83-45-39-65-23-15-19-35-73(65)59-83)84-46-40-66-24-16-20-36-74(66)60-84/h1-62H. The maximum atomic E-state index is 2.48. The molecule has 2 aromatic heterocycles. The van der Waals surface area contributed by atoms with Crippen molar-refractivity contribution in [3.8, 4) is 67.3 Å². The van der Waals surface area contributed by atoms with Crippen LogP contribution in [-0.4, -0.2) is 9.13 Å². The third-order valence-corrected chi connectivity index (χ3v) is 19.2. The highest BCUT2D eigenvalue weighted by Crippen LogP contribution is 2.49. The molecular formula is C92H62N4. The van der Waals surface area contributed by atoms with Crippen LogP contribution in [-0.2, 0) is 0 Å². The second-order valence-electron chi connectivity index (χ2n) is 24.9. The summed E-state index contributed by atoms with van der Waals surface area (Å²) in [4.78, 5) is 4.77. The van der Waals surface area contributed by atoms with Crippen LogP contribution in [0.25, 0.3) is 132 Å². The first-order valence-corrected chi connectivity index (χ1v) is 33.0. The van der Waals surface area contributed by atoms with Gasteiger partial charge in [0, 0.05) is 67.4 Å². The van der Waals surface area contributed by atoms with Gasteiger partial charge < -0.3 is 18.9 Å². The molecule has 0 saturated heterocycles. The topological polar surface area (TPSA) is 16.3 Å². The van der Waals surface area contributed by atoms with E-state index in [4.69, 9.17) is 0 Å². The van der Waals surface area contributed by atoms with E-state index in [-0.39, 0.29) is 0 Å². The van der Waals surface area contributed by atoms with Crippen molar-refractivity contribution in [2.24, 2.45) is 0 Å². The van der Waals surface area contributed by atoms with Crippen molar-refractivity contribution >= 4 is 99.0 Å². The second kappa shape index (κ2) is 23.7. The van der Waals surface area contributed by atoms with Crippen LogP contribution >= 0.6 is 0 Å². The summed E-state index contributed by atoms with van der Waals surface area (Å²) in [6, 6.07) is 138. The van der Waals surface area contributed by atoms with E-state index in [2.05, 4.69) is 395 Å². The van der Waals surface area contributed by atoms with Crippen molar-refractivity contribution in [3.05, 3.63) is 376 Å². The molecule has 0 aliphatic rings. The van der Waals surface area contributed by atoms with Gasteiger partial charge in [0.1, 0.15) is 0 Å². The van der Waals surface area contributed by atoms with Crippen molar-refractivity contribution in [1.82, 2.24) is 9.13 Å². The summed E-state index contributed by atoms with van der Waals surface area (Å²) < 4.78 is 4.96. The largest absolute Gasteiger partial charge is 0.310 e. The summed E-state index contributed by atoms with van der Waals surface area (Å²) in [5.74, 6) is 0. The zero-order valence-corrected chi connectivity index (χ0v) is 52.6. The maximum Gasteiger partial charge on any atom is 0.0619 e. The molecule has 18 rings (SSSR count). The fourth-order valence-electron chi connectivity index (χ4n) is 14.7. The third-order valence-electron chi connectivity index (χ3n) is 19.2. The number of anilines is 6. The van der Waals surface area contributed by atoms with Crippen LogP contribution in [0.5, 0.6) is 0 Å². The van der Waals surface area contributed by atoms with Crippen LogP contribution in [0.1, 0.15) is 0 Å². The van der Waals surface area contributed by atoms with Gasteiger partial charge in [-0.05, 0) is 198 Å². The van der Waals surface area contributed by atoms with Crippen molar-refractivity contribution in [3.63, 3.8) is 0 Å². The van der Waals surface area contributed by atoms with E-state index < -0.39 is 0 Å². The Kier molecular flexibility index (Phi) is 13.8. The third kappa shape index (κ3) is 9.95. The highest BCUT2D eigenvalue weighted by molar-refractivity contribution is 6.10. The van der Waals surface area contributed by atoms with E-state index in [1.54, 1.807) is 0 Å². The molecule has 18 aromatic rings. The minimum absolute atomic E-state index is 1.07. The molecule has 0 aliphatic heterocycles. The van der Waals surface area contributed by atoms with Crippen molar-refractivity contribution in [1.29, 1.82) is 0 Å². The van der Waals surface area contributed by atoms with Crippen LogP contribution in [0.4, 0.5) is 34.1 Å². The monoisotopic (exact) mass is 1220 g/mol.